The van der Waals surface area contributed by atoms with Crippen LogP contribution < -0.4 is 15.0 Å². The van der Waals surface area contributed by atoms with Gasteiger partial charge in [0, 0.05) is 12.3 Å². The Hall–Kier alpha value is -2.41. The van der Waals surface area contributed by atoms with Gasteiger partial charge in [0.15, 0.2) is 6.10 Å². The van der Waals surface area contributed by atoms with Gasteiger partial charge in [-0.1, -0.05) is 12.1 Å². The number of rotatable bonds is 7. The van der Waals surface area contributed by atoms with Crippen molar-refractivity contribution in [3.05, 3.63) is 48.4 Å². The summed E-state index contributed by atoms with van der Waals surface area (Å²) in [6.07, 6.45) is 1.06. The molecule has 0 radical (unpaired) electrons. The molecular weight excluding hydrogens is 340 g/mol. The van der Waals surface area contributed by atoms with Crippen molar-refractivity contribution < 1.29 is 18.7 Å². The molecular formula is C18H20N2O4S. The van der Waals surface area contributed by atoms with Gasteiger partial charge in [0.2, 0.25) is 5.91 Å². The molecule has 6 nitrogen and oxygen atoms in total. The van der Waals surface area contributed by atoms with E-state index in [9.17, 15) is 9.59 Å². The van der Waals surface area contributed by atoms with Crippen LogP contribution in [0.2, 0.25) is 0 Å². The Labute approximate surface area is 150 Å². The second-order valence-corrected chi connectivity index (χ2v) is 6.74. The molecule has 0 spiro atoms. The zero-order valence-electron chi connectivity index (χ0n) is 13.9. The summed E-state index contributed by atoms with van der Waals surface area (Å²) in [7, 11) is 0. The summed E-state index contributed by atoms with van der Waals surface area (Å²) in [6, 6.07) is 11.0. The van der Waals surface area contributed by atoms with Gasteiger partial charge in [-0.25, -0.2) is 0 Å². The molecule has 0 bridgehead atoms. The SMILES string of the molecule is CC1Oc2ccccc2N(CC(=O)NCCSCc2ccco2)C1=O. The van der Waals surface area contributed by atoms with Crippen LogP contribution in [0.25, 0.3) is 0 Å². The number of hydrogen-bond acceptors (Lipinski definition) is 5. The Morgan fingerprint density at radius 2 is 2.12 bits per heavy atom. The van der Waals surface area contributed by atoms with Gasteiger partial charge < -0.3 is 14.5 Å². The van der Waals surface area contributed by atoms with Crippen molar-refractivity contribution in [2.45, 2.75) is 18.8 Å². The van der Waals surface area contributed by atoms with Gasteiger partial charge in [0.25, 0.3) is 5.91 Å². The molecule has 1 aliphatic heterocycles. The predicted molar refractivity (Wildman–Crippen MR) is 96.8 cm³/mol. The molecule has 1 aromatic heterocycles. The van der Waals surface area contributed by atoms with Gasteiger partial charge in [-0.2, -0.15) is 11.8 Å². The lowest BCUT2D eigenvalue weighted by molar-refractivity contribution is -0.128. The second-order valence-electron chi connectivity index (χ2n) is 5.63. The molecule has 2 aromatic rings. The van der Waals surface area contributed by atoms with Crippen molar-refractivity contribution in [1.29, 1.82) is 0 Å². The normalized spacial score (nSPS) is 16.3. The topological polar surface area (TPSA) is 71.8 Å². The van der Waals surface area contributed by atoms with Crippen molar-refractivity contribution in [1.82, 2.24) is 5.32 Å². The van der Waals surface area contributed by atoms with Crippen LogP contribution in [0.5, 0.6) is 5.75 Å². The van der Waals surface area contributed by atoms with Crippen molar-refractivity contribution >= 4 is 29.3 Å². The first kappa shape index (κ1) is 17.4. The van der Waals surface area contributed by atoms with Crippen LogP contribution in [0.4, 0.5) is 5.69 Å². The number of carbonyl (C=O) groups excluding carboxylic acids is 2. The molecule has 0 saturated carbocycles. The van der Waals surface area contributed by atoms with Gasteiger partial charge in [-0.15, -0.1) is 0 Å². The van der Waals surface area contributed by atoms with Crippen molar-refractivity contribution in [3.8, 4) is 5.75 Å². The number of carbonyl (C=O) groups is 2. The molecule has 25 heavy (non-hydrogen) atoms. The number of anilines is 1. The highest BCUT2D eigenvalue weighted by atomic mass is 32.2. The highest BCUT2D eigenvalue weighted by Crippen LogP contribution is 2.33. The first-order valence-corrected chi connectivity index (χ1v) is 9.24. The van der Waals surface area contributed by atoms with Gasteiger partial charge in [-0.05, 0) is 31.2 Å². The van der Waals surface area contributed by atoms with Crippen LogP contribution in [0, 0.1) is 0 Å². The molecule has 1 unspecified atom stereocenters. The summed E-state index contributed by atoms with van der Waals surface area (Å²) in [5.41, 5.74) is 0.632. The molecule has 2 heterocycles. The molecule has 1 aliphatic rings. The smallest absolute Gasteiger partial charge is 0.268 e. The van der Waals surface area contributed by atoms with E-state index in [0.29, 0.717) is 18.0 Å². The Bertz CT molecular complexity index is 732. The summed E-state index contributed by atoms with van der Waals surface area (Å²) in [4.78, 5) is 26.0. The van der Waals surface area contributed by atoms with Crippen molar-refractivity contribution in [2.24, 2.45) is 0 Å². The fourth-order valence-corrected chi connectivity index (χ4v) is 3.31. The maximum absolute atomic E-state index is 12.3. The van der Waals surface area contributed by atoms with Gasteiger partial charge in [0.05, 0.1) is 17.7 Å². The molecule has 7 heteroatoms. The van der Waals surface area contributed by atoms with Gasteiger partial charge in [0.1, 0.15) is 18.1 Å². The number of fused-ring (bicyclic) bond motifs is 1. The van der Waals surface area contributed by atoms with Crippen molar-refractivity contribution in [2.75, 3.05) is 23.7 Å². The zero-order valence-corrected chi connectivity index (χ0v) is 14.8. The minimum absolute atomic E-state index is 0.00754. The van der Waals surface area contributed by atoms with E-state index in [2.05, 4.69) is 5.32 Å². The monoisotopic (exact) mass is 360 g/mol. The van der Waals surface area contributed by atoms with E-state index in [1.165, 1.54) is 4.90 Å². The summed E-state index contributed by atoms with van der Waals surface area (Å²) >= 11 is 1.68. The zero-order chi connectivity index (χ0) is 17.6. The number of amides is 2. The maximum Gasteiger partial charge on any atom is 0.268 e. The number of ether oxygens (including phenoxy) is 1. The number of benzene rings is 1. The summed E-state index contributed by atoms with van der Waals surface area (Å²) in [6.45, 7) is 2.22. The highest BCUT2D eigenvalue weighted by molar-refractivity contribution is 7.98. The molecule has 0 fully saturated rings. The molecule has 1 N–H and O–H groups in total. The van der Waals surface area contributed by atoms with Crippen LogP contribution in [-0.4, -0.2) is 36.8 Å². The van der Waals surface area contributed by atoms with Gasteiger partial charge >= 0.3 is 0 Å². The Morgan fingerprint density at radius 1 is 1.28 bits per heavy atom. The van der Waals surface area contributed by atoms with Crippen LogP contribution in [0.1, 0.15) is 12.7 Å². The quantitative estimate of drug-likeness (QED) is 0.768. The third-order valence-electron chi connectivity index (χ3n) is 3.77. The van der Waals surface area contributed by atoms with E-state index in [1.807, 2.05) is 24.3 Å². The van der Waals surface area contributed by atoms with Crippen LogP contribution in [0.15, 0.2) is 47.1 Å². The number of furan rings is 1. The van der Waals surface area contributed by atoms with E-state index in [1.54, 1.807) is 37.1 Å². The summed E-state index contributed by atoms with van der Waals surface area (Å²) in [5, 5.41) is 2.85. The number of nitrogens with zero attached hydrogens (tertiary/aromatic N) is 1. The van der Waals surface area contributed by atoms with Gasteiger partial charge in [-0.3, -0.25) is 14.5 Å². The fraction of sp³-hybridized carbons (Fsp3) is 0.333. The Balaban J connectivity index is 1.48. The van der Waals surface area contributed by atoms with E-state index in [4.69, 9.17) is 9.15 Å². The van der Waals surface area contributed by atoms with E-state index < -0.39 is 6.10 Å². The summed E-state index contributed by atoms with van der Waals surface area (Å²) < 4.78 is 10.8. The lowest BCUT2D eigenvalue weighted by Crippen LogP contribution is -2.49. The standard InChI is InChI=1S/C18H20N2O4S/c1-13-18(22)20(15-6-2-3-7-16(15)24-13)11-17(21)19-8-10-25-12-14-5-4-9-23-14/h2-7,9,13H,8,10-12H2,1H3,(H,19,21). The molecule has 132 valence electrons. The largest absolute Gasteiger partial charge is 0.479 e. The Morgan fingerprint density at radius 3 is 2.92 bits per heavy atom. The number of nitrogens with one attached hydrogen (secondary N) is 1. The molecule has 0 saturated heterocycles. The van der Waals surface area contributed by atoms with Crippen LogP contribution >= 0.6 is 11.8 Å². The molecule has 1 aromatic carbocycles. The van der Waals surface area contributed by atoms with Crippen molar-refractivity contribution in [3.63, 3.8) is 0 Å². The minimum Gasteiger partial charge on any atom is -0.479 e. The second kappa shape index (κ2) is 8.11. The first-order chi connectivity index (χ1) is 12.1. The predicted octanol–water partition coefficient (Wildman–Crippen LogP) is 2.44. The molecule has 1 atom stereocenters. The average molecular weight is 360 g/mol. The van der Waals surface area contributed by atoms with Crippen LogP contribution in [0.3, 0.4) is 0 Å². The van der Waals surface area contributed by atoms with E-state index in [0.717, 1.165) is 17.3 Å². The first-order valence-electron chi connectivity index (χ1n) is 8.09. The molecule has 2 amide bonds. The number of hydrogen-bond donors (Lipinski definition) is 1. The lowest BCUT2D eigenvalue weighted by atomic mass is 10.2. The lowest BCUT2D eigenvalue weighted by Gasteiger charge is -2.32. The highest BCUT2D eigenvalue weighted by Gasteiger charge is 2.32. The van der Waals surface area contributed by atoms with Crippen LogP contribution in [-0.2, 0) is 15.3 Å². The maximum atomic E-state index is 12.3. The third kappa shape index (κ3) is 4.36. The Kier molecular flexibility index (Phi) is 5.65. The van der Waals surface area contributed by atoms with E-state index in [-0.39, 0.29) is 18.4 Å². The summed E-state index contributed by atoms with van der Waals surface area (Å²) in [5.74, 6) is 2.70. The average Bonchev–Trinajstić information content (AvgIpc) is 3.12. The third-order valence-corrected chi connectivity index (χ3v) is 4.75. The fourth-order valence-electron chi connectivity index (χ4n) is 2.55. The minimum atomic E-state index is -0.591. The number of para-hydroxylation sites is 2. The van der Waals surface area contributed by atoms with E-state index >= 15 is 0 Å². The molecule has 0 aliphatic carbocycles. The molecule has 3 rings (SSSR count). The number of thioether (sulfide) groups is 1.